The fourth-order valence-corrected chi connectivity index (χ4v) is 6.19. The van der Waals surface area contributed by atoms with Crippen LogP contribution in [0.3, 0.4) is 0 Å². The summed E-state index contributed by atoms with van der Waals surface area (Å²) >= 11 is 0. The van der Waals surface area contributed by atoms with E-state index in [2.05, 4.69) is 25.1 Å². The summed E-state index contributed by atoms with van der Waals surface area (Å²) in [5, 5.41) is 28.4. The molecule has 232 valence electrons. The number of carbonyl (C=O) groups is 1. The molecule has 0 aliphatic carbocycles. The number of carbonyl (C=O) groups excluding carboxylic acids is 1. The zero-order valence-electron chi connectivity index (χ0n) is 24.3. The third-order valence-corrected chi connectivity index (χ3v) is 8.94. The smallest absolute Gasteiger partial charge is 0.459 e. The zero-order chi connectivity index (χ0) is 31.2. The number of aliphatic hydroxyl groups excluding tert-OH is 2. The number of hydrogen-bond acceptors (Lipinski definition) is 11. The Morgan fingerprint density at radius 1 is 1.28 bits per heavy atom. The number of aromatic nitrogens is 3. The van der Waals surface area contributed by atoms with Crippen molar-refractivity contribution in [2.24, 2.45) is 11.0 Å². The second-order valence-corrected chi connectivity index (χ2v) is 11.9. The van der Waals surface area contributed by atoms with Crippen LogP contribution in [0.5, 0.6) is 5.75 Å². The van der Waals surface area contributed by atoms with Crippen LogP contribution in [-0.2, 0) is 29.1 Å². The number of aliphatic hydroxyl groups is 2. The van der Waals surface area contributed by atoms with E-state index < -0.39 is 50.4 Å². The van der Waals surface area contributed by atoms with Crippen molar-refractivity contribution in [3.8, 4) is 5.75 Å². The van der Waals surface area contributed by atoms with Gasteiger partial charge in [-0.2, -0.15) is 5.09 Å². The molecule has 3 N–H and O–H groups in total. The molecule has 1 fully saturated rings. The number of fused-ring (bicyclic) bond motifs is 1. The number of benzene rings is 1. The Labute approximate surface area is 248 Å². The van der Waals surface area contributed by atoms with E-state index in [-0.39, 0.29) is 24.0 Å². The Kier molecular flexibility index (Phi) is 10.4. The average Bonchev–Trinajstić information content (AvgIpc) is 3.54. The van der Waals surface area contributed by atoms with E-state index in [1.54, 1.807) is 43.5 Å². The molecule has 1 aliphatic heterocycles. The van der Waals surface area contributed by atoms with Crippen molar-refractivity contribution in [1.82, 2.24) is 19.5 Å². The molecule has 0 spiro atoms. The average molecular weight is 618 g/mol. The van der Waals surface area contributed by atoms with Gasteiger partial charge in [-0.25, -0.2) is 9.55 Å². The summed E-state index contributed by atoms with van der Waals surface area (Å²) in [6.07, 6.45) is 1.30. The van der Waals surface area contributed by atoms with E-state index >= 15 is 0 Å². The molecule has 0 bridgehead atoms. The minimum absolute atomic E-state index is 0.135. The van der Waals surface area contributed by atoms with Gasteiger partial charge in [0, 0.05) is 17.3 Å². The molecule has 16 heteroatoms. The van der Waals surface area contributed by atoms with Crippen molar-refractivity contribution in [3.63, 3.8) is 0 Å². The van der Waals surface area contributed by atoms with Crippen molar-refractivity contribution >= 4 is 19.4 Å². The molecule has 0 unspecified atom stereocenters. The highest BCUT2D eigenvalue weighted by Crippen LogP contribution is 2.47. The van der Waals surface area contributed by atoms with E-state index in [4.69, 9.17) is 18.5 Å². The zero-order valence-corrected chi connectivity index (χ0v) is 25.2. The summed E-state index contributed by atoms with van der Waals surface area (Å²) in [4.78, 5) is 24.0. The Morgan fingerprint density at radius 3 is 2.67 bits per heavy atom. The maximum Gasteiger partial charge on any atom is 0.459 e. The number of nitrogens with zero attached hydrogens (tertiary/aromatic N) is 6. The first kappa shape index (κ1) is 32.4. The van der Waals surface area contributed by atoms with Crippen LogP contribution in [0.15, 0.2) is 54.0 Å². The molecule has 0 amide bonds. The number of esters is 1. The highest BCUT2D eigenvalue weighted by Gasteiger charge is 2.57. The number of para-hydroxylation sites is 1. The topological polar surface area (TPSA) is 202 Å². The third-order valence-electron chi connectivity index (χ3n) is 7.30. The first-order valence-corrected chi connectivity index (χ1v) is 15.4. The number of rotatable bonds is 14. The molecule has 4 rings (SSSR count). The molecule has 0 radical (unpaired) electrons. The van der Waals surface area contributed by atoms with Gasteiger partial charge in [0.2, 0.25) is 5.72 Å². The van der Waals surface area contributed by atoms with Crippen LogP contribution in [0.2, 0.25) is 0 Å². The second-order valence-electron chi connectivity index (χ2n) is 10.2. The number of hydrogen-bond donors (Lipinski definition) is 3. The Hall–Kier alpha value is -3.55. The SMILES string of the molecule is CCC(CC)COC(=O)[C@H](C)N[P@](=O)(OC[C@H]1O[C@@](N=[N+]=[N-])(c2cnc3c(C)nccn23)[C@H](O)[C@@H]1O)Oc1ccccc1. The van der Waals surface area contributed by atoms with Crippen LogP contribution in [0.4, 0.5) is 0 Å². The number of aryl methyl sites for hydroxylation is 1. The van der Waals surface area contributed by atoms with Crippen molar-refractivity contribution in [2.75, 3.05) is 13.2 Å². The van der Waals surface area contributed by atoms with Gasteiger partial charge in [-0.05, 0) is 42.5 Å². The molecule has 1 aromatic carbocycles. The van der Waals surface area contributed by atoms with Crippen LogP contribution in [-0.4, -0.2) is 68.1 Å². The monoisotopic (exact) mass is 617 g/mol. The fourth-order valence-electron chi connectivity index (χ4n) is 4.68. The van der Waals surface area contributed by atoms with Gasteiger partial charge in [0.15, 0.2) is 5.65 Å². The second kappa shape index (κ2) is 13.8. The normalized spacial score (nSPS) is 23.9. The Morgan fingerprint density at radius 2 is 2.00 bits per heavy atom. The largest absolute Gasteiger partial charge is 0.464 e. The van der Waals surface area contributed by atoms with Crippen LogP contribution in [0.25, 0.3) is 16.1 Å². The minimum Gasteiger partial charge on any atom is -0.464 e. The van der Waals surface area contributed by atoms with Crippen LogP contribution < -0.4 is 9.61 Å². The highest BCUT2D eigenvalue weighted by molar-refractivity contribution is 7.52. The van der Waals surface area contributed by atoms with Crippen molar-refractivity contribution < 1.29 is 38.1 Å². The molecule has 3 heterocycles. The molecule has 1 aliphatic rings. The van der Waals surface area contributed by atoms with E-state index in [1.807, 2.05) is 13.8 Å². The molecular formula is C27H36N7O8P. The molecular weight excluding hydrogens is 581 g/mol. The standard InChI is InChI=1S/C27H36N7O8P/c1-5-19(6-2)15-39-26(37)18(4)31-43(38,42-20-10-8-7-9-11-20)40-16-21-23(35)24(36)27(41-21,32-33-28)22-14-30-25-17(3)29-12-13-34(22)25/h7-14,18-19,21,23-24,35-36H,5-6,15-16H2,1-4H3,(H,31,38)/t18-,21+,23+,24+,27-,43-/m0/s1. The number of ether oxygens (including phenoxy) is 2. The van der Waals surface area contributed by atoms with Gasteiger partial charge in [-0.1, -0.05) is 44.9 Å². The molecule has 3 aromatic rings. The van der Waals surface area contributed by atoms with Gasteiger partial charge in [0.25, 0.3) is 0 Å². The van der Waals surface area contributed by atoms with Crippen molar-refractivity contribution in [2.45, 2.75) is 70.6 Å². The van der Waals surface area contributed by atoms with E-state index in [1.165, 1.54) is 23.7 Å². The fraction of sp³-hybridized carbons (Fsp3) is 0.519. The van der Waals surface area contributed by atoms with Crippen molar-refractivity contribution in [3.05, 3.63) is 70.8 Å². The lowest BCUT2D eigenvalue weighted by molar-refractivity contribution is -0.146. The highest BCUT2D eigenvalue weighted by atomic mass is 31.2. The number of imidazole rings is 1. The van der Waals surface area contributed by atoms with Gasteiger partial charge < -0.3 is 24.2 Å². The van der Waals surface area contributed by atoms with E-state index in [0.29, 0.717) is 11.3 Å². The summed E-state index contributed by atoms with van der Waals surface area (Å²) < 4.78 is 38.2. The minimum atomic E-state index is -4.33. The molecule has 15 nitrogen and oxygen atoms in total. The van der Waals surface area contributed by atoms with Crippen LogP contribution in [0.1, 0.15) is 45.0 Å². The quantitative estimate of drug-likeness (QED) is 0.0781. The maximum absolute atomic E-state index is 14.0. The first-order chi connectivity index (χ1) is 20.6. The maximum atomic E-state index is 14.0. The van der Waals surface area contributed by atoms with Gasteiger partial charge in [-0.3, -0.25) is 18.7 Å². The van der Waals surface area contributed by atoms with Crippen molar-refractivity contribution in [1.29, 1.82) is 0 Å². The molecule has 6 atom stereocenters. The predicted octanol–water partition coefficient (Wildman–Crippen LogP) is 3.78. The van der Waals surface area contributed by atoms with Crippen LogP contribution in [0, 0.1) is 12.8 Å². The number of nitrogens with one attached hydrogen (secondary N) is 1. The van der Waals surface area contributed by atoms with E-state index in [0.717, 1.165) is 12.8 Å². The van der Waals surface area contributed by atoms with Gasteiger partial charge in [0.1, 0.15) is 30.1 Å². The number of azide groups is 1. The molecule has 1 saturated heterocycles. The summed E-state index contributed by atoms with van der Waals surface area (Å²) in [7, 11) is -4.33. The summed E-state index contributed by atoms with van der Waals surface area (Å²) in [5.41, 5.74) is 8.40. The van der Waals surface area contributed by atoms with E-state index in [9.17, 15) is 25.1 Å². The molecule has 2 aromatic heterocycles. The summed E-state index contributed by atoms with van der Waals surface area (Å²) in [5.74, 6) is -0.279. The van der Waals surface area contributed by atoms with Gasteiger partial charge in [0.05, 0.1) is 30.8 Å². The lowest BCUT2D eigenvalue weighted by Gasteiger charge is -2.27. The lowest BCUT2D eigenvalue weighted by Crippen LogP contribution is -2.40. The van der Waals surface area contributed by atoms with Crippen LogP contribution >= 0.6 is 7.75 Å². The Balaban J connectivity index is 1.56. The molecule has 0 saturated carbocycles. The summed E-state index contributed by atoms with van der Waals surface area (Å²) in [6.45, 7) is 6.80. The van der Waals surface area contributed by atoms with Gasteiger partial charge in [-0.15, -0.1) is 0 Å². The first-order valence-electron chi connectivity index (χ1n) is 13.9. The third kappa shape index (κ3) is 7.00. The van der Waals surface area contributed by atoms with Gasteiger partial charge >= 0.3 is 13.7 Å². The lowest BCUT2D eigenvalue weighted by atomic mass is 10.0. The summed E-state index contributed by atoms with van der Waals surface area (Å²) in [6, 6.07) is 7.06. The Bertz CT molecular complexity index is 1500. The molecule has 43 heavy (non-hydrogen) atoms. The predicted molar refractivity (Wildman–Crippen MR) is 154 cm³/mol.